The fraction of sp³-hybridized carbons (Fsp3) is 0.385. The van der Waals surface area contributed by atoms with Gasteiger partial charge in [0, 0.05) is 11.1 Å². The summed E-state index contributed by atoms with van der Waals surface area (Å²) in [5, 5.41) is 0. The van der Waals surface area contributed by atoms with E-state index in [-0.39, 0.29) is 11.3 Å². The molecule has 3 heteroatoms. The Kier molecular flexibility index (Phi) is 2.34. The van der Waals surface area contributed by atoms with E-state index in [0.29, 0.717) is 5.56 Å². The molecule has 0 unspecified atom stereocenters. The second kappa shape index (κ2) is 3.44. The maximum atomic E-state index is 11.3. The molecule has 0 aliphatic rings. The molecule has 2 aromatic rings. The molecule has 0 aliphatic carbocycles. The van der Waals surface area contributed by atoms with Crippen molar-refractivity contribution < 1.29 is 4.79 Å². The van der Waals surface area contributed by atoms with Crippen molar-refractivity contribution in [2.45, 2.75) is 33.2 Å². The van der Waals surface area contributed by atoms with E-state index in [1.54, 1.807) is 6.92 Å². The molecule has 0 amide bonds. The van der Waals surface area contributed by atoms with Crippen LogP contribution in [0.2, 0.25) is 0 Å². The molecule has 0 bridgehead atoms. The highest BCUT2D eigenvalue weighted by molar-refractivity contribution is 5.97. The van der Waals surface area contributed by atoms with E-state index in [4.69, 9.17) is 0 Å². The fourth-order valence-electron chi connectivity index (χ4n) is 1.77. The molecule has 0 N–H and O–H groups in total. The number of hydrogen-bond acceptors (Lipinski definition) is 2. The minimum atomic E-state index is 0.00644. The molecule has 0 spiro atoms. The third kappa shape index (κ3) is 1.73. The van der Waals surface area contributed by atoms with E-state index < -0.39 is 0 Å². The van der Waals surface area contributed by atoms with Gasteiger partial charge in [-0.25, -0.2) is 4.98 Å². The smallest absolute Gasteiger partial charge is 0.159 e. The summed E-state index contributed by atoms with van der Waals surface area (Å²) in [4.78, 5) is 15.6. The molecule has 0 atom stereocenters. The SMILES string of the molecule is CC(=O)c1ccc2c(c1)ncn2C(C)(C)C. The van der Waals surface area contributed by atoms with Crippen LogP contribution in [0.25, 0.3) is 11.0 Å². The normalized spacial score (nSPS) is 12.0. The van der Waals surface area contributed by atoms with Gasteiger partial charge in [-0.2, -0.15) is 0 Å². The summed E-state index contributed by atoms with van der Waals surface area (Å²) in [6.45, 7) is 7.97. The van der Waals surface area contributed by atoms with Gasteiger partial charge in [-0.3, -0.25) is 4.79 Å². The zero-order valence-corrected chi connectivity index (χ0v) is 10.1. The summed E-state index contributed by atoms with van der Waals surface area (Å²) in [6, 6.07) is 5.67. The molecule has 3 nitrogen and oxygen atoms in total. The van der Waals surface area contributed by atoms with Crippen molar-refractivity contribution in [1.29, 1.82) is 0 Å². The van der Waals surface area contributed by atoms with E-state index in [9.17, 15) is 4.79 Å². The van der Waals surface area contributed by atoms with Crippen LogP contribution in [0.15, 0.2) is 24.5 Å². The van der Waals surface area contributed by atoms with Crippen LogP contribution in [-0.4, -0.2) is 15.3 Å². The van der Waals surface area contributed by atoms with Crippen molar-refractivity contribution in [3.8, 4) is 0 Å². The Labute approximate surface area is 95.1 Å². The van der Waals surface area contributed by atoms with Crippen LogP contribution < -0.4 is 0 Å². The average Bonchev–Trinajstić information content (AvgIpc) is 2.58. The predicted molar refractivity (Wildman–Crippen MR) is 64.7 cm³/mol. The van der Waals surface area contributed by atoms with Crippen molar-refractivity contribution in [3.05, 3.63) is 30.1 Å². The van der Waals surface area contributed by atoms with Gasteiger partial charge in [-0.15, -0.1) is 0 Å². The molecule has 84 valence electrons. The molecule has 0 aliphatic heterocycles. The first kappa shape index (κ1) is 10.9. The molecule has 0 fully saturated rings. The van der Waals surface area contributed by atoms with Gasteiger partial charge in [-0.1, -0.05) is 0 Å². The molecule has 0 saturated carbocycles. The monoisotopic (exact) mass is 216 g/mol. The first-order chi connectivity index (χ1) is 7.39. The Bertz CT molecular complexity index is 547. The summed E-state index contributed by atoms with van der Waals surface area (Å²) in [5.41, 5.74) is 2.67. The number of fused-ring (bicyclic) bond motifs is 1. The zero-order chi connectivity index (χ0) is 11.9. The van der Waals surface area contributed by atoms with E-state index in [2.05, 4.69) is 30.3 Å². The highest BCUT2D eigenvalue weighted by Gasteiger charge is 2.16. The van der Waals surface area contributed by atoms with Crippen molar-refractivity contribution in [3.63, 3.8) is 0 Å². The Morgan fingerprint density at radius 3 is 2.56 bits per heavy atom. The van der Waals surface area contributed by atoms with Gasteiger partial charge >= 0.3 is 0 Å². The van der Waals surface area contributed by atoms with E-state index in [1.807, 2.05) is 24.5 Å². The van der Waals surface area contributed by atoms with Gasteiger partial charge in [0.25, 0.3) is 0 Å². The largest absolute Gasteiger partial charge is 0.325 e. The topological polar surface area (TPSA) is 34.9 Å². The van der Waals surface area contributed by atoms with Crippen LogP contribution in [0.4, 0.5) is 0 Å². The van der Waals surface area contributed by atoms with Gasteiger partial charge in [0.05, 0.1) is 17.4 Å². The Morgan fingerprint density at radius 2 is 2.00 bits per heavy atom. The minimum absolute atomic E-state index is 0.00644. The van der Waals surface area contributed by atoms with Crippen LogP contribution >= 0.6 is 0 Å². The average molecular weight is 216 g/mol. The number of carbonyl (C=O) groups is 1. The summed E-state index contributed by atoms with van der Waals surface area (Å²) in [6.07, 6.45) is 1.83. The van der Waals surface area contributed by atoms with Gasteiger partial charge in [0.1, 0.15) is 0 Å². The number of imidazole rings is 1. The molecule has 2 rings (SSSR count). The lowest BCUT2D eigenvalue weighted by Gasteiger charge is -2.21. The zero-order valence-electron chi connectivity index (χ0n) is 10.1. The molecule has 1 heterocycles. The minimum Gasteiger partial charge on any atom is -0.325 e. The van der Waals surface area contributed by atoms with Crippen LogP contribution in [0.3, 0.4) is 0 Å². The number of hydrogen-bond donors (Lipinski definition) is 0. The quantitative estimate of drug-likeness (QED) is 0.687. The second-order valence-corrected chi connectivity index (χ2v) is 5.05. The van der Waals surface area contributed by atoms with Crippen molar-refractivity contribution in [1.82, 2.24) is 9.55 Å². The summed E-state index contributed by atoms with van der Waals surface area (Å²) in [5.74, 6) is 0.0761. The molecule has 1 aromatic carbocycles. The van der Waals surface area contributed by atoms with E-state index in [1.165, 1.54) is 0 Å². The summed E-state index contributed by atoms with van der Waals surface area (Å²) < 4.78 is 2.12. The molecular formula is C13H16N2O. The van der Waals surface area contributed by atoms with Crippen LogP contribution in [0.5, 0.6) is 0 Å². The molecule has 16 heavy (non-hydrogen) atoms. The number of Topliss-reactive ketones (excluding diaryl/α,β-unsaturated/α-hetero) is 1. The van der Waals surface area contributed by atoms with E-state index in [0.717, 1.165) is 11.0 Å². The van der Waals surface area contributed by atoms with Crippen molar-refractivity contribution in [2.75, 3.05) is 0 Å². The second-order valence-electron chi connectivity index (χ2n) is 5.05. The van der Waals surface area contributed by atoms with Gasteiger partial charge in [0.15, 0.2) is 5.78 Å². The first-order valence-corrected chi connectivity index (χ1v) is 5.38. The third-order valence-corrected chi connectivity index (χ3v) is 2.68. The summed E-state index contributed by atoms with van der Waals surface area (Å²) in [7, 11) is 0. The van der Waals surface area contributed by atoms with Gasteiger partial charge in [-0.05, 0) is 45.9 Å². The van der Waals surface area contributed by atoms with Crippen LogP contribution in [0, 0.1) is 0 Å². The van der Waals surface area contributed by atoms with E-state index >= 15 is 0 Å². The standard InChI is InChI=1S/C13H16N2O/c1-9(16)10-5-6-12-11(7-10)14-8-15(12)13(2,3)4/h5-8H,1-4H3. The maximum absolute atomic E-state index is 11.3. The fourth-order valence-corrected chi connectivity index (χ4v) is 1.77. The van der Waals surface area contributed by atoms with Crippen molar-refractivity contribution in [2.24, 2.45) is 0 Å². The number of nitrogens with zero attached hydrogens (tertiary/aromatic N) is 2. The number of aromatic nitrogens is 2. The van der Waals surface area contributed by atoms with Gasteiger partial charge in [0.2, 0.25) is 0 Å². The van der Waals surface area contributed by atoms with Crippen LogP contribution in [-0.2, 0) is 5.54 Å². The first-order valence-electron chi connectivity index (χ1n) is 5.38. The Balaban J connectivity index is 2.64. The number of carbonyl (C=O) groups excluding carboxylic acids is 1. The summed E-state index contributed by atoms with van der Waals surface area (Å²) >= 11 is 0. The lowest BCUT2D eigenvalue weighted by Crippen LogP contribution is -2.20. The Hall–Kier alpha value is -1.64. The molecule has 0 saturated heterocycles. The predicted octanol–water partition coefficient (Wildman–Crippen LogP) is 2.99. The molecule has 1 aromatic heterocycles. The lowest BCUT2D eigenvalue weighted by molar-refractivity contribution is 0.101. The number of ketones is 1. The Morgan fingerprint density at radius 1 is 1.31 bits per heavy atom. The molecular weight excluding hydrogens is 200 g/mol. The highest BCUT2D eigenvalue weighted by Crippen LogP contribution is 2.22. The molecule has 0 radical (unpaired) electrons. The highest BCUT2D eigenvalue weighted by atomic mass is 16.1. The van der Waals surface area contributed by atoms with Crippen molar-refractivity contribution >= 4 is 16.8 Å². The third-order valence-electron chi connectivity index (χ3n) is 2.68. The number of benzene rings is 1. The number of rotatable bonds is 1. The maximum Gasteiger partial charge on any atom is 0.159 e. The lowest BCUT2D eigenvalue weighted by atomic mass is 10.1. The van der Waals surface area contributed by atoms with Gasteiger partial charge < -0.3 is 4.57 Å². The van der Waals surface area contributed by atoms with Crippen LogP contribution in [0.1, 0.15) is 38.1 Å².